The number of esters is 2. The third-order valence-corrected chi connectivity index (χ3v) is 0.957. The highest BCUT2D eigenvalue weighted by molar-refractivity contribution is 6.23. The summed E-state index contributed by atoms with van der Waals surface area (Å²) in [5, 5.41) is 0. The minimum absolute atomic E-state index is 0.854. The number of carbonyl (C=O) groups is 3. The molecule has 48 valence electrons. The topological polar surface area (TPSA) is 86.5 Å². The highest BCUT2D eigenvalue weighted by Gasteiger charge is 2.46. The van der Waals surface area contributed by atoms with Crippen molar-refractivity contribution >= 4 is 17.8 Å². The Labute approximate surface area is 49.8 Å². The number of rotatable bonds is 1. The van der Waals surface area contributed by atoms with Crippen molar-refractivity contribution in [2.24, 2.45) is 11.7 Å². The summed E-state index contributed by atoms with van der Waals surface area (Å²) in [6.45, 7) is 0. The summed E-state index contributed by atoms with van der Waals surface area (Å²) in [4.78, 5) is 30.4. The van der Waals surface area contributed by atoms with Gasteiger partial charge in [0.1, 0.15) is 0 Å². The van der Waals surface area contributed by atoms with Gasteiger partial charge in [-0.1, -0.05) is 0 Å². The predicted octanol–water partition coefficient (Wildman–Crippen LogP) is -1.83. The Morgan fingerprint density at radius 2 is 1.89 bits per heavy atom. The van der Waals surface area contributed by atoms with Crippen molar-refractivity contribution in [3.8, 4) is 0 Å². The molecule has 0 radical (unpaired) electrons. The molecule has 1 aliphatic rings. The van der Waals surface area contributed by atoms with Crippen LogP contribution in [-0.2, 0) is 19.1 Å². The first-order chi connectivity index (χ1) is 4.13. The van der Waals surface area contributed by atoms with Crippen molar-refractivity contribution in [2.45, 2.75) is 0 Å². The smallest absolute Gasteiger partial charge is 0.337 e. The van der Waals surface area contributed by atoms with Gasteiger partial charge in [-0.2, -0.15) is 0 Å². The van der Waals surface area contributed by atoms with Crippen LogP contribution >= 0.6 is 0 Å². The fourth-order valence-electron chi connectivity index (χ4n) is 0.487. The first-order valence-electron chi connectivity index (χ1n) is 2.18. The average molecular weight is 129 g/mol. The van der Waals surface area contributed by atoms with E-state index in [-0.39, 0.29) is 0 Å². The molecule has 1 amide bonds. The zero-order chi connectivity index (χ0) is 7.02. The summed E-state index contributed by atoms with van der Waals surface area (Å²) in [7, 11) is 0. The van der Waals surface area contributed by atoms with Crippen LogP contribution in [0, 0.1) is 5.92 Å². The molecule has 1 rings (SSSR count). The number of amides is 1. The highest BCUT2D eigenvalue weighted by Crippen LogP contribution is 2.12. The Balaban J connectivity index is 2.70. The van der Waals surface area contributed by atoms with Crippen LogP contribution in [0.4, 0.5) is 0 Å². The molecule has 1 aliphatic heterocycles. The zero-order valence-electron chi connectivity index (χ0n) is 4.29. The predicted molar refractivity (Wildman–Crippen MR) is 23.8 cm³/mol. The van der Waals surface area contributed by atoms with Crippen LogP contribution in [0.25, 0.3) is 0 Å². The first kappa shape index (κ1) is 5.74. The maximum atomic E-state index is 10.1. The van der Waals surface area contributed by atoms with Gasteiger partial charge in [0.05, 0.1) is 0 Å². The molecular weight excluding hydrogens is 126 g/mol. The molecule has 9 heavy (non-hydrogen) atoms. The summed E-state index contributed by atoms with van der Waals surface area (Å²) < 4.78 is 3.83. The Morgan fingerprint density at radius 3 is 2.00 bits per heavy atom. The molecule has 5 heteroatoms. The van der Waals surface area contributed by atoms with E-state index < -0.39 is 23.8 Å². The van der Waals surface area contributed by atoms with Crippen LogP contribution in [-0.4, -0.2) is 17.8 Å². The van der Waals surface area contributed by atoms with E-state index in [0.29, 0.717) is 0 Å². The standard InChI is InChI=1S/C4H3NO4/c5-2(6)1-3(7)9-4(1)8/h1H,(H2,5,6). The third kappa shape index (κ3) is 0.658. The maximum Gasteiger partial charge on any atom is 0.337 e. The average Bonchev–Trinajstić information content (AvgIpc) is 1.62. The molecule has 0 bridgehead atoms. The fraction of sp³-hybridized carbons (Fsp3) is 0.250. The minimum atomic E-state index is -1.34. The van der Waals surface area contributed by atoms with E-state index in [1.165, 1.54) is 0 Å². The number of hydrogen-bond donors (Lipinski definition) is 1. The van der Waals surface area contributed by atoms with Crippen LogP contribution in [0.1, 0.15) is 0 Å². The van der Waals surface area contributed by atoms with Crippen molar-refractivity contribution in [2.75, 3.05) is 0 Å². The Bertz CT molecular complexity index is 172. The molecule has 0 unspecified atom stereocenters. The molecule has 1 fully saturated rings. The van der Waals surface area contributed by atoms with Gasteiger partial charge in [-0.3, -0.25) is 14.4 Å². The largest absolute Gasteiger partial charge is 0.391 e. The third-order valence-electron chi connectivity index (χ3n) is 0.957. The summed E-state index contributed by atoms with van der Waals surface area (Å²) >= 11 is 0. The van der Waals surface area contributed by atoms with Gasteiger partial charge in [-0.25, -0.2) is 0 Å². The second-order valence-corrected chi connectivity index (χ2v) is 1.58. The number of ether oxygens (including phenoxy) is 1. The molecule has 0 aliphatic carbocycles. The molecule has 0 saturated carbocycles. The fourth-order valence-corrected chi connectivity index (χ4v) is 0.487. The van der Waals surface area contributed by atoms with Crippen LogP contribution in [0.2, 0.25) is 0 Å². The Hall–Kier alpha value is -1.39. The lowest BCUT2D eigenvalue weighted by molar-refractivity contribution is -0.184. The van der Waals surface area contributed by atoms with Crippen LogP contribution in [0.15, 0.2) is 0 Å². The molecule has 0 atom stereocenters. The van der Waals surface area contributed by atoms with E-state index in [0.717, 1.165) is 0 Å². The lowest BCUT2D eigenvalue weighted by Gasteiger charge is -2.17. The summed E-state index contributed by atoms with van der Waals surface area (Å²) in [6, 6.07) is 0. The maximum absolute atomic E-state index is 10.1. The monoisotopic (exact) mass is 129 g/mol. The van der Waals surface area contributed by atoms with E-state index in [1.54, 1.807) is 0 Å². The van der Waals surface area contributed by atoms with Gasteiger partial charge >= 0.3 is 11.9 Å². The number of carbonyl (C=O) groups excluding carboxylic acids is 3. The van der Waals surface area contributed by atoms with E-state index >= 15 is 0 Å². The summed E-state index contributed by atoms with van der Waals surface area (Å²) in [6.07, 6.45) is 0. The van der Waals surface area contributed by atoms with Gasteiger partial charge in [-0.05, 0) is 0 Å². The van der Waals surface area contributed by atoms with Gasteiger partial charge in [-0.15, -0.1) is 0 Å². The Morgan fingerprint density at radius 1 is 1.44 bits per heavy atom. The first-order valence-corrected chi connectivity index (χ1v) is 2.18. The van der Waals surface area contributed by atoms with Crippen LogP contribution in [0.3, 0.4) is 0 Å². The molecule has 0 aromatic heterocycles. The van der Waals surface area contributed by atoms with Crippen molar-refractivity contribution in [3.05, 3.63) is 0 Å². The van der Waals surface area contributed by atoms with Gasteiger partial charge in [0, 0.05) is 0 Å². The van der Waals surface area contributed by atoms with Crippen molar-refractivity contribution in [1.82, 2.24) is 0 Å². The van der Waals surface area contributed by atoms with Crippen molar-refractivity contribution in [3.63, 3.8) is 0 Å². The Kier molecular flexibility index (Phi) is 0.985. The molecule has 0 spiro atoms. The minimum Gasteiger partial charge on any atom is -0.391 e. The molecule has 1 heterocycles. The van der Waals surface area contributed by atoms with Crippen LogP contribution < -0.4 is 5.73 Å². The van der Waals surface area contributed by atoms with Gasteiger partial charge < -0.3 is 10.5 Å². The quantitative estimate of drug-likeness (QED) is 0.333. The molecule has 1 saturated heterocycles. The molecule has 0 aromatic carbocycles. The number of hydrogen-bond acceptors (Lipinski definition) is 4. The molecule has 5 nitrogen and oxygen atoms in total. The van der Waals surface area contributed by atoms with E-state index in [9.17, 15) is 14.4 Å². The normalized spacial score (nSPS) is 18.7. The SMILES string of the molecule is NC(=O)C1C(=O)OC1=O. The van der Waals surface area contributed by atoms with Gasteiger partial charge in [0.2, 0.25) is 11.8 Å². The molecular formula is C4H3NO4. The van der Waals surface area contributed by atoms with Crippen molar-refractivity contribution < 1.29 is 19.1 Å². The highest BCUT2D eigenvalue weighted by atomic mass is 16.6. The van der Waals surface area contributed by atoms with E-state index in [1.807, 2.05) is 0 Å². The number of cyclic esters (lactones) is 2. The van der Waals surface area contributed by atoms with Crippen LogP contribution in [0.5, 0.6) is 0 Å². The second kappa shape index (κ2) is 1.54. The molecule has 2 N–H and O–H groups in total. The summed E-state index contributed by atoms with van der Waals surface area (Å²) in [5.41, 5.74) is 4.62. The van der Waals surface area contributed by atoms with Gasteiger partial charge in [0.25, 0.3) is 0 Å². The van der Waals surface area contributed by atoms with E-state index in [2.05, 4.69) is 10.5 Å². The van der Waals surface area contributed by atoms with Gasteiger partial charge in [0.15, 0.2) is 0 Å². The number of nitrogens with two attached hydrogens (primary N) is 1. The molecule has 0 aromatic rings. The number of primary amides is 1. The zero-order valence-corrected chi connectivity index (χ0v) is 4.29. The summed E-state index contributed by atoms with van der Waals surface area (Å²) in [5.74, 6) is -4.00. The van der Waals surface area contributed by atoms with E-state index in [4.69, 9.17) is 0 Å². The van der Waals surface area contributed by atoms with Crippen molar-refractivity contribution in [1.29, 1.82) is 0 Å². The lowest BCUT2D eigenvalue weighted by atomic mass is 10.1. The lowest BCUT2D eigenvalue weighted by Crippen LogP contribution is -2.48. The second-order valence-electron chi connectivity index (χ2n) is 1.58.